The molecule has 0 aromatic heterocycles. The van der Waals surface area contributed by atoms with Crippen molar-refractivity contribution in [2.24, 2.45) is 39.9 Å². The first-order valence-electron chi connectivity index (χ1n) is 13.0. The molecule has 1 N–H and O–H groups in total. The highest BCUT2D eigenvalue weighted by atomic mass is 16.3. The Morgan fingerprint density at radius 1 is 1.03 bits per heavy atom. The third kappa shape index (κ3) is 3.30. The lowest BCUT2D eigenvalue weighted by Crippen LogP contribution is -2.51. The zero-order valence-corrected chi connectivity index (χ0v) is 20.3. The summed E-state index contributed by atoms with van der Waals surface area (Å²) in [6.45, 7) is 12.2. The van der Waals surface area contributed by atoms with Crippen LogP contribution in [0.15, 0.2) is 11.1 Å². The van der Waals surface area contributed by atoms with E-state index in [4.69, 9.17) is 0 Å². The second kappa shape index (κ2) is 7.95. The lowest BCUT2D eigenvalue weighted by Gasteiger charge is -2.58. The smallest absolute Gasteiger partial charge is 0.0700 e. The van der Waals surface area contributed by atoms with Crippen LogP contribution in [0.4, 0.5) is 0 Å². The molecule has 0 spiro atoms. The fourth-order valence-corrected chi connectivity index (χ4v) is 8.72. The van der Waals surface area contributed by atoms with E-state index in [1.54, 1.807) is 11.1 Å². The van der Waals surface area contributed by atoms with E-state index in [0.29, 0.717) is 11.8 Å². The van der Waals surface area contributed by atoms with Crippen LogP contribution >= 0.6 is 0 Å². The molecule has 2 nitrogen and oxygen atoms in total. The predicted molar refractivity (Wildman–Crippen MR) is 124 cm³/mol. The van der Waals surface area contributed by atoms with Crippen LogP contribution in [-0.4, -0.2) is 11.2 Å². The van der Waals surface area contributed by atoms with E-state index in [2.05, 4.69) is 40.7 Å². The van der Waals surface area contributed by atoms with E-state index in [1.165, 1.54) is 44.9 Å². The van der Waals surface area contributed by atoms with Gasteiger partial charge in [-0.25, -0.2) is 0 Å². The second-order valence-electron chi connectivity index (χ2n) is 12.5. The number of fused-ring (bicyclic) bond motifs is 4. The highest BCUT2D eigenvalue weighted by molar-refractivity contribution is 5.39. The molecule has 0 amide bonds. The van der Waals surface area contributed by atoms with E-state index in [9.17, 15) is 10.4 Å². The summed E-state index contributed by atoms with van der Waals surface area (Å²) < 4.78 is 0. The Balaban J connectivity index is 1.59. The van der Waals surface area contributed by atoms with Crippen molar-refractivity contribution in [1.29, 1.82) is 5.26 Å². The zero-order chi connectivity index (χ0) is 21.7. The summed E-state index contributed by atoms with van der Waals surface area (Å²) in [5.74, 6) is 3.28. The Kier molecular flexibility index (Phi) is 5.93. The van der Waals surface area contributed by atoms with Gasteiger partial charge in [-0.3, -0.25) is 0 Å². The number of allylic oxidation sites excluding steroid dienone is 2. The molecule has 30 heavy (non-hydrogen) atoms. The summed E-state index contributed by atoms with van der Waals surface area (Å²) in [7, 11) is 0. The number of aliphatic hydroxyl groups is 1. The number of rotatable bonds is 5. The van der Waals surface area contributed by atoms with Crippen LogP contribution in [-0.2, 0) is 0 Å². The maximum absolute atomic E-state index is 10.4. The molecule has 0 radical (unpaired) electrons. The Bertz CT molecular complexity index is 731. The molecule has 0 aliphatic heterocycles. The van der Waals surface area contributed by atoms with Gasteiger partial charge in [-0.2, -0.15) is 5.26 Å². The van der Waals surface area contributed by atoms with E-state index in [1.807, 2.05) is 0 Å². The van der Waals surface area contributed by atoms with Crippen LogP contribution in [0.1, 0.15) is 112 Å². The van der Waals surface area contributed by atoms with E-state index in [0.717, 1.165) is 49.4 Å². The molecule has 0 aromatic carbocycles. The topological polar surface area (TPSA) is 44.0 Å². The average Bonchev–Trinajstić information content (AvgIpc) is 3.05. The average molecular weight is 412 g/mol. The minimum Gasteiger partial charge on any atom is -0.393 e. The van der Waals surface area contributed by atoms with Crippen LogP contribution in [0.2, 0.25) is 0 Å². The number of hydrogen-bond donors (Lipinski definition) is 1. The molecule has 2 fully saturated rings. The maximum Gasteiger partial charge on any atom is 0.0700 e. The van der Waals surface area contributed by atoms with Crippen molar-refractivity contribution >= 4 is 0 Å². The van der Waals surface area contributed by atoms with Crippen molar-refractivity contribution in [3.8, 4) is 6.07 Å². The van der Waals surface area contributed by atoms with Gasteiger partial charge in [0.25, 0.3) is 0 Å². The zero-order valence-electron chi connectivity index (χ0n) is 20.3. The van der Waals surface area contributed by atoms with Crippen LogP contribution in [0.25, 0.3) is 0 Å². The first kappa shape index (κ1) is 22.4. The Morgan fingerprint density at radius 2 is 1.80 bits per heavy atom. The molecule has 4 rings (SSSR count). The van der Waals surface area contributed by atoms with Gasteiger partial charge in [0.1, 0.15) is 0 Å². The van der Waals surface area contributed by atoms with Crippen LogP contribution < -0.4 is 0 Å². The molecule has 2 saturated carbocycles. The third-order valence-electron chi connectivity index (χ3n) is 10.6. The van der Waals surface area contributed by atoms with Crippen molar-refractivity contribution in [1.82, 2.24) is 0 Å². The normalized spacial score (nSPS) is 44.3. The lowest BCUT2D eigenvalue weighted by molar-refractivity contribution is -0.0254. The van der Waals surface area contributed by atoms with Gasteiger partial charge in [-0.1, -0.05) is 65.0 Å². The van der Waals surface area contributed by atoms with Crippen LogP contribution in [0.3, 0.4) is 0 Å². The van der Waals surface area contributed by atoms with Gasteiger partial charge in [0.2, 0.25) is 0 Å². The largest absolute Gasteiger partial charge is 0.393 e. The SMILES string of the molecule is CC(C)CCC[C@@H](C)[C@H]1CC[C@H]2C3=C(CC[C@]12C)[C@@]1(C)CC[C@H](O)C[C@@]1(C#N)CC3. The van der Waals surface area contributed by atoms with Crippen molar-refractivity contribution in [2.75, 3.05) is 0 Å². The summed E-state index contributed by atoms with van der Waals surface area (Å²) in [4.78, 5) is 0. The monoisotopic (exact) mass is 411 g/mol. The van der Waals surface area contributed by atoms with Crippen molar-refractivity contribution < 1.29 is 5.11 Å². The van der Waals surface area contributed by atoms with Gasteiger partial charge >= 0.3 is 0 Å². The molecule has 2 heteroatoms. The van der Waals surface area contributed by atoms with Crippen molar-refractivity contribution in [3.05, 3.63) is 11.1 Å². The van der Waals surface area contributed by atoms with Crippen LogP contribution in [0, 0.1) is 51.2 Å². The highest BCUT2D eigenvalue weighted by Gasteiger charge is 2.60. The molecule has 0 aromatic rings. The van der Waals surface area contributed by atoms with Crippen molar-refractivity contribution in [3.63, 3.8) is 0 Å². The summed E-state index contributed by atoms with van der Waals surface area (Å²) in [6, 6.07) is 2.76. The van der Waals surface area contributed by atoms with Gasteiger partial charge in [-0.15, -0.1) is 0 Å². The van der Waals surface area contributed by atoms with E-state index >= 15 is 0 Å². The number of hydrogen-bond acceptors (Lipinski definition) is 2. The predicted octanol–water partition coefficient (Wildman–Crippen LogP) is 7.43. The molecule has 4 aliphatic carbocycles. The minimum absolute atomic E-state index is 0.00311. The maximum atomic E-state index is 10.4. The van der Waals surface area contributed by atoms with Gasteiger partial charge < -0.3 is 5.11 Å². The number of nitrogens with zero attached hydrogens (tertiary/aromatic N) is 1. The Hall–Kier alpha value is -0.810. The summed E-state index contributed by atoms with van der Waals surface area (Å²) in [5.41, 5.74) is 3.56. The lowest BCUT2D eigenvalue weighted by atomic mass is 9.45. The molecule has 0 bridgehead atoms. The molecule has 0 heterocycles. The molecule has 7 atom stereocenters. The van der Waals surface area contributed by atoms with Crippen molar-refractivity contribution in [2.45, 2.75) is 118 Å². The minimum atomic E-state index is -0.334. The fourth-order valence-electron chi connectivity index (χ4n) is 8.72. The first-order chi connectivity index (χ1) is 14.2. The summed E-state index contributed by atoms with van der Waals surface area (Å²) in [5, 5.41) is 20.6. The quantitative estimate of drug-likeness (QED) is 0.478. The molecule has 4 aliphatic rings. The molecule has 168 valence electrons. The molecular weight excluding hydrogens is 366 g/mol. The first-order valence-corrected chi connectivity index (χ1v) is 13.0. The van der Waals surface area contributed by atoms with Gasteiger partial charge in [-0.05, 0) is 86.9 Å². The van der Waals surface area contributed by atoms with Gasteiger partial charge in [0, 0.05) is 5.41 Å². The van der Waals surface area contributed by atoms with E-state index < -0.39 is 0 Å². The number of nitriles is 1. The molecule has 0 saturated heterocycles. The van der Waals surface area contributed by atoms with Gasteiger partial charge in [0.05, 0.1) is 17.6 Å². The molecule has 0 unspecified atom stereocenters. The highest BCUT2D eigenvalue weighted by Crippen LogP contribution is 2.68. The summed E-state index contributed by atoms with van der Waals surface area (Å²) in [6.07, 6.45) is 13.8. The summed E-state index contributed by atoms with van der Waals surface area (Å²) >= 11 is 0. The fraction of sp³-hybridized carbons (Fsp3) is 0.893. The Labute approximate surface area is 185 Å². The van der Waals surface area contributed by atoms with Crippen LogP contribution in [0.5, 0.6) is 0 Å². The number of aliphatic hydroxyl groups excluding tert-OH is 1. The molecular formula is C28H45NO. The standard InChI is InChI=1S/C28H45NO/c1-19(2)7-6-8-20(3)23-9-10-24-22-12-16-28(18-29)17-21(30)11-15-27(28,5)25(22)13-14-26(23,24)4/h19-21,23-24,30H,6-17H2,1-5H3/t20-,21+,23-,24+,26-,27-,28-/m1/s1. The third-order valence-corrected chi connectivity index (χ3v) is 10.6. The van der Waals surface area contributed by atoms with Gasteiger partial charge in [0.15, 0.2) is 0 Å². The van der Waals surface area contributed by atoms with E-state index in [-0.39, 0.29) is 16.9 Å². The Morgan fingerprint density at radius 3 is 2.50 bits per heavy atom. The second-order valence-corrected chi connectivity index (χ2v) is 12.5.